The van der Waals surface area contributed by atoms with Crippen LogP contribution < -0.4 is 10.6 Å². The first-order valence-corrected chi connectivity index (χ1v) is 8.73. The zero-order valence-electron chi connectivity index (χ0n) is 14.9. The van der Waals surface area contributed by atoms with Crippen molar-refractivity contribution in [2.75, 3.05) is 17.7 Å². The number of benzene rings is 2. The van der Waals surface area contributed by atoms with E-state index in [9.17, 15) is 4.79 Å². The van der Waals surface area contributed by atoms with Crippen LogP contribution in [-0.2, 0) is 4.74 Å². The molecule has 3 rings (SSSR count). The Morgan fingerprint density at radius 3 is 2.56 bits per heavy atom. The third kappa shape index (κ3) is 4.74. The Bertz CT molecular complexity index is 934. The minimum atomic E-state index is -0.434. The summed E-state index contributed by atoms with van der Waals surface area (Å²) in [5, 5.41) is 6.92. The van der Waals surface area contributed by atoms with Crippen LogP contribution in [0.2, 0.25) is 5.02 Å². The van der Waals surface area contributed by atoms with E-state index in [4.69, 9.17) is 16.3 Å². The lowest BCUT2D eigenvalue weighted by atomic mass is 10.1. The number of carbonyl (C=O) groups excluding carboxylic acids is 1. The highest BCUT2D eigenvalue weighted by Gasteiger charge is 2.11. The van der Waals surface area contributed by atoms with Gasteiger partial charge in [-0.1, -0.05) is 41.9 Å². The molecule has 0 radical (unpaired) electrons. The van der Waals surface area contributed by atoms with E-state index in [2.05, 4.69) is 39.7 Å². The summed E-state index contributed by atoms with van der Waals surface area (Å²) < 4.78 is 4.74. The van der Waals surface area contributed by atoms with Crippen molar-refractivity contribution in [3.8, 4) is 0 Å². The molecule has 0 spiro atoms. The predicted octanol–water partition coefficient (Wildman–Crippen LogP) is 4.83. The van der Waals surface area contributed by atoms with Crippen molar-refractivity contribution in [3.63, 3.8) is 0 Å². The van der Waals surface area contributed by atoms with Crippen molar-refractivity contribution in [2.45, 2.75) is 13.0 Å². The second-order valence-corrected chi connectivity index (χ2v) is 6.28. The molecule has 1 atom stereocenters. The summed E-state index contributed by atoms with van der Waals surface area (Å²) in [6, 6.07) is 16.8. The molecule has 1 aromatic heterocycles. The molecule has 0 saturated carbocycles. The second-order valence-electron chi connectivity index (χ2n) is 5.88. The number of aromatic nitrogens is 2. The molecule has 0 amide bonds. The van der Waals surface area contributed by atoms with E-state index >= 15 is 0 Å². The largest absolute Gasteiger partial charge is 0.465 e. The molecule has 0 bridgehead atoms. The molecule has 7 heteroatoms. The number of nitrogens with zero attached hydrogens (tertiary/aromatic N) is 2. The van der Waals surface area contributed by atoms with Gasteiger partial charge in [-0.15, -0.1) is 0 Å². The van der Waals surface area contributed by atoms with E-state index in [0.717, 1.165) is 5.56 Å². The molecule has 1 unspecified atom stereocenters. The minimum absolute atomic E-state index is 0.0835. The third-order valence-electron chi connectivity index (χ3n) is 3.98. The van der Waals surface area contributed by atoms with Gasteiger partial charge in [0.25, 0.3) is 0 Å². The number of nitrogens with one attached hydrogen (secondary N) is 2. The molecule has 0 aliphatic rings. The standard InChI is InChI=1S/C20H19ClN4O2/c1-13(14-6-4-3-5-7-14)24-18-11-19(23-12-22-18)25-17-10-15(20(26)27-2)8-9-16(17)21/h3-13H,1-2H3,(H2,22,23,24,25). The number of carbonyl (C=O) groups is 1. The molecule has 6 nitrogen and oxygen atoms in total. The van der Waals surface area contributed by atoms with Crippen molar-refractivity contribution in [1.82, 2.24) is 9.97 Å². The Hall–Kier alpha value is -3.12. The fourth-order valence-corrected chi connectivity index (χ4v) is 2.72. The van der Waals surface area contributed by atoms with Crippen LogP contribution in [0.5, 0.6) is 0 Å². The molecule has 27 heavy (non-hydrogen) atoms. The van der Waals surface area contributed by atoms with E-state index in [1.165, 1.54) is 13.4 Å². The number of hydrogen-bond acceptors (Lipinski definition) is 6. The zero-order valence-corrected chi connectivity index (χ0v) is 15.7. The maximum atomic E-state index is 11.7. The fraction of sp³-hybridized carbons (Fsp3) is 0.150. The van der Waals surface area contributed by atoms with Gasteiger partial charge in [-0.05, 0) is 30.7 Å². The van der Waals surface area contributed by atoms with Gasteiger partial charge in [0.2, 0.25) is 0 Å². The molecule has 0 aliphatic heterocycles. The van der Waals surface area contributed by atoms with E-state index in [-0.39, 0.29) is 6.04 Å². The molecule has 2 aromatic carbocycles. The topological polar surface area (TPSA) is 76.1 Å². The third-order valence-corrected chi connectivity index (χ3v) is 4.31. The summed E-state index contributed by atoms with van der Waals surface area (Å²) in [6.45, 7) is 2.06. The Morgan fingerprint density at radius 1 is 1.07 bits per heavy atom. The summed E-state index contributed by atoms with van der Waals surface area (Å²) in [6.07, 6.45) is 1.46. The van der Waals surface area contributed by atoms with Crippen LogP contribution in [-0.4, -0.2) is 23.0 Å². The highest BCUT2D eigenvalue weighted by molar-refractivity contribution is 6.33. The van der Waals surface area contributed by atoms with Gasteiger partial charge >= 0.3 is 5.97 Å². The Balaban J connectivity index is 1.77. The number of halogens is 1. The maximum absolute atomic E-state index is 11.7. The van der Waals surface area contributed by atoms with Crippen LogP contribution in [0.15, 0.2) is 60.9 Å². The summed E-state index contributed by atoms with van der Waals surface area (Å²) in [5.74, 6) is 0.789. The maximum Gasteiger partial charge on any atom is 0.337 e. The molecule has 3 aromatic rings. The number of hydrogen-bond donors (Lipinski definition) is 2. The molecule has 138 valence electrons. The van der Waals surface area contributed by atoms with Gasteiger partial charge in [0.15, 0.2) is 0 Å². The van der Waals surface area contributed by atoms with E-state index < -0.39 is 5.97 Å². The summed E-state index contributed by atoms with van der Waals surface area (Å²) in [5.41, 5.74) is 2.11. The SMILES string of the molecule is COC(=O)c1ccc(Cl)c(Nc2cc(NC(C)c3ccccc3)ncn2)c1. The van der Waals surface area contributed by atoms with Gasteiger partial charge in [0, 0.05) is 12.1 Å². The first-order chi connectivity index (χ1) is 13.1. The van der Waals surface area contributed by atoms with Crippen LogP contribution in [0.3, 0.4) is 0 Å². The lowest BCUT2D eigenvalue weighted by Crippen LogP contribution is -2.08. The Labute approximate surface area is 162 Å². The fourth-order valence-electron chi connectivity index (χ4n) is 2.56. The average Bonchev–Trinajstić information content (AvgIpc) is 2.70. The monoisotopic (exact) mass is 382 g/mol. The Morgan fingerprint density at radius 2 is 1.81 bits per heavy atom. The minimum Gasteiger partial charge on any atom is -0.465 e. The molecule has 1 heterocycles. The van der Waals surface area contributed by atoms with Crippen molar-refractivity contribution < 1.29 is 9.53 Å². The van der Waals surface area contributed by atoms with E-state index in [0.29, 0.717) is 27.9 Å². The van der Waals surface area contributed by atoms with Gasteiger partial charge in [-0.25, -0.2) is 14.8 Å². The molecular formula is C20H19ClN4O2. The molecule has 0 saturated heterocycles. The molecule has 0 fully saturated rings. The van der Waals surface area contributed by atoms with Gasteiger partial charge in [-0.2, -0.15) is 0 Å². The van der Waals surface area contributed by atoms with Crippen molar-refractivity contribution >= 4 is 34.9 Å². The molecular weight excluding hydrogens is 364 g/mol. The van der Waals surface area contributed by atoms with Crippen molar-refractivity contribution in [3.05, 3.63) is 77.1 Å². The van der Waals surface area contributed by atoms with Gasteiger partial charge in [-0.3, -0.25) is 0 Å². The summed E-state index contributed by atoms with van der Waals surface area (Å²) in [4.78, 5) is 20.2. The average molecular weight is 383 g/mol. The van der Waals surface area contributed by atoms with E-state index in [1.807, 2.05) is 18.2 Å². The van der Waals surface area contributed by atoms with Gasteiger partial charge < -0.3 is 15.4 Å². The normalized spacial score (nSPS) is 11.5. The van der Waals surface area contributed by atoms with Crippen LogP contribution in [0, 0.1) is 0 Å². The number of esters is 1. The zero-order chi connectivity index (χ0) is 19.2. The van der Waals surface area contributed by atoms with Gasteiger partial charge in [0.1, 0.15) is 18.0 Å². The predicted molar refractivity (Wildman–Crippen MR) is 107 cm³/mol. The van der Waals surface area contributed by atoms with Crippen molar-refractivity contribution in [1.29, 1.82) is 0 Å². The van der Waals surface area contributed by atoms with Crippen LogP contribution in [0.1, 0.15) is 28.9 Å². The van der Waals surface area contributed by atoms with Crippen molar-refractivity contribution in [2.24, 2.45) is 0 Å². The summed E-state index contributed by atoms with van der Waals surface area (Å²) >= 11 is 6.22. The first kappa shape index (κ1) is 18.7. The lowest BCUT2D eigenvalue weighted by molar-refractivity contribution is 0.0601. The smallest absolute Gasteiger partial charge is 0.337 e. The second kappa shape index (κ2) is 8.51. The Kier molecular flexibility index (Phi) is 5.88. The number of rotatable bonds is 6. The van der Waals surface area contributed by atoms with Crippen LogP contribution in [0.25, 0.3) is 0 Å². The number of methoxy groups -OCH3 is 1. The lowest BCUT2D eigenvalue weighted by Gasteiger charge is -2.15. The first-order valence-electron chi connectivity index (χ1n) is 8.35. The van der Waals surface area contributed by atoms with Crippen LogP contribution >= 0.6 is 11.6 Å². The van der Waals surface area contributed by atoms with E-state index in [1.54, 1.807) is 24.3 Å². The quantitative estimate of drug-likeness (QED) is 0.594. The molecule has 0 aliphatic carbocycles. The number of ether oxygens (including phenoxy) is 1. The van der Waals surface area contributed by atoms with Gasteiger partial charge in [0.05, 0.1) is 23.4 Å². The highest BCUT2D eigenvalue weighted by Crippen LogP contribution is 2.27. The highest BCUT2D eigenvalue weighted by atomic mass is 35.5. The van der Waals surface area contributed by atoms with Crippen LogP contribution in [0.4, 0.5) is 17.3 Å². The summed E-state index contributed by atoms with van der Waals surface area (Å²) in [7, 11) is 1.33. The number of anilines is 3. The molecule has 2 N–H and O–H groups in total.